The Labute approximate surface area is 126 Å². The summed E-state index contributed by atoms with van der Waals surface area (Å²) in [6.07, 6.45) is 7.84. The zero-order chi connectivity index (χ0) is 14.4. The van der Waals surface area contributed by atoms with Crippen LogP contribution in [0.4, 0.5) is 0 Å². The van der Waals surface area contributed by atoms with Gasteiger partial charge in [0.15, 0.2) is 0 Å². The van der Waals surface area contributed by atoms with Crippen LogP contribution in [-0.2, 0) is 11.3 Å². The van der Waals surface area contributed by atoms with Gasteiger partial charge in [0.1, 0.15) is 0 Å². The number of carbonyl (C=O) groups is 1. The first kappa shape index (κ1) is 15.5. The number of likely N-dealkylation sites (N-methyl/N-ethyl adjacent to an activating group) is 2. The van der Waals surface area contributed by atoms with Crippen LogP contribution in [0.2, 0.25) is 0 Å². The van der Waals surface area contributed by atoms with Crippen molar-refractivity contribution in [2.45, 2.75) is 51.1 Å². The van der Waals surface area contributed by atoms with Crippen LogP contribution in [0.25, 0.3) is 0 Å². The fourth-order valence-electron chi connectivity index (χ4n) is 2.89. The fourth-order valence-corrected chi connectivity index (χ4v) is 3.64. The van der Waals surface area contributed by atoms with Gasteiger partial charge < -0.3 is 4.90 Å². The van der Waals surface area contributed by atoms with E-state index in [1.807, 2.05) is 18.0 Å². The first-order valence-electron chi connectivity index (χ1n) is 7.63. The van der Waals surface area contributed by atoms with Crippen molar-refractivity contribution in [2.24, 2.45) is 0 Å². The Morgan fingerprint density at radius 3 is 2.55 bits per heavy atom. The van der Waals surface area contributed by atoms with E-state index in [0.29, 0.717) is 12.6 Å². The molecule has 0 spiro atoms. The Balaban J connectivity index is 1.80. The van der Waals surface area contributed by atoms with Crippen molar-refractivity contribution in [3.63, 3.8) is 0 Å². The SMILES string of the molecule is CN(Cc1cccs1)C(=O)CN(C)C1CCCCCC1. The molecular formula is C16H26N2OS. The predicted octanol–water partition coefficient (Wildman–Crippen LogP) is 3.36. The molecule has 1 aromatic heterocycles. The Kier molecular flexibility index (Phi) is 6.05. The fraction of sp³-hybridized carbons (Fsp3) is 0.688. The lowest BCUT2D eigenvalue weighted by atomic mass is 10.1. The van der Waals surface area contributed by atoms with Crippen molar-refractivity contribution in [1.29, 1.82) is 0 Å². The lowest BCUT2D eigenvalue weighted by Gasteiger charge is -2.28. The van der Waals surface area contributed by atoms with E-state index in [9.17, 15) is 4.79 Å². The molecule has 1 aliphatic carbocycles. The minimum Gasteiger partial charge on any atom is -0.340 e. The third-order valence-electron chi connectivity index (χ3n) is 4.23. The lowest BCUT2D eigenvalue weighted by Crippen LogP contribution is -2.41. The molecule has 0 radical (unpaired) electrons. The van der Waals surface area contributed by atoms with Gasteiger partial charge in [0.2, 0.25) is 5.91 Å². The van der Waals surface area contributed by atoms with Crippen LogP contribution in [-0.4, -0.2) is 42.4 Å². The second-order valence-corrected chi connectivity index (χ2v) is 6.92. The van der Waals surface area contributed by atoms with Crippen LogP contribution in [0.5, 0.6) is 0 Å². The van der Waals surface area contributed by atoms with E-state index < -0.39 is 0 Å². The molecule has 1 amide bonds. The summed E-state index contributed by atoms with van der Waals surface area (Å²) in [4.78, 5) is 17.7. The van der Waals surface area contributed by atoms with Gasteiger partial charge in [-0.05, 0) is 31.3 Å². The highest BCUT2D eigenvalue weighted by Crippen LogP contribution is 2.21. The number of carbonyl (C=O) groups excluding carboxylic acids is 1. The van der Waals surface area contributed by atoms with Crippen molar-refractivity contribution in [3.8, 4) is 0 Å². The highest BCUT2D eigenvalue weighted by atomic mass is 32.1. The number of rotatable bonds is 5. The normalized spacial score (nSPS) is 17.1. The van der Waals surface area contributed by atoms with Gasteiger partial charge in [-0.3, -0.25) is 9.69 Å². The van der Waals surface area contributed by atoms with Gasteiger partial charge in [-0.25, -0.2) is 0 Å². The zero-order valence-corrected chi connectivity index (χ0v) is 13.5. The number of hydrogen-bond acceptors (Lipinski definition) is 3. The molecule has 0 saturated heterocycles. The first-order valence-corrected chi connectivity index (χ1v) is 8.51. The number of amides is 1. The van der Waals surface area contributed by atoms with Crippen LogP contribution < -0.4 is 0 Å². The van der Waals surface area contributed by atoms with E-state index in [0.717, 1.165) is 6.54 Å². The lowest BCUT2D eigenvalue weighted by molar-refractivity contribution is -0.131. The minimum absolute atomic E-state index is 0.227. The monoisotopic (exact) mass is 294 g/mol. The van der Waals surface area contributed by atoms with E-state index in [4.69, 9.17) is 0 Å². The molecule has 4 heteroatoms. The quantitative estimate of drug-likeness (QED) is 0.777. The molecule has 0 bridgehead atoms. The average molecular weight is 294 g/mol. The summed E-state index contributed by atoms with van der Waals surface area (Å²) in [6, 6.07) is 4.72. The molecule has 20 heavy (non-hydrogen) atoms. The molecule has 1 aliphatic rings. The summed E-state index contributed by atoms with van der Waals surface area (Å²) in [6.45, 7) is 1.28. The molecule has 0 unspecified atom stereocenters. The third-order valence-corrected chi connectivity index (χ3v) is 5.09. The van der Waals surface area contributed by atoms with Gasteiger partial charge >= 0.3 is 0 Å². The first-order chi connectivity index (χ1) is 9.66. The van der Waals surface area contributed by atoms with Crippen molar-refractivity contribution in [1.82, 2.24) is 9.80 Å². The second kappa shape index (κ2) is 7.79. The Morgan fingerprint density at radius 1 is 1.25 bits per heavy atom. The largest absolute Gasteiger partial charge is 0.340 e. The van der Waals surface area contributed by atoms with Gasteiger partial charge in [0, 0.05) is 18.0 Å². The Morgan fingerprint density at radius 2 is 1.95 bits per heavy atom. The summed E-state index contributed by atoms with van der Waals surface area (Å²) in [5, 5.41) is 2.06. The molecule has 1 fully saturated rings. The molecule has 1 saturated carbocycles. The standard InChI is InChI=1S/C16H26N2OS/c1-17(14-8-5-3-4-6-9-14)13-16(19)18(2)12-15-10-7-11-20-15/h7,10-11,14H,3-6,8-9,12-13H2,1-2H3. The molecule has 0 aliphatic heterocycles. The van der Waals surface area contributed by atoms with Gasteiger partial charge in [0.25, 0.3) is 0 Å². The van der Waals surface area contributed by atoms with Crippen molar-refractivity contribution in [3.05, 3.63) is 22.4 Å². The molecule has 112 valence electrons. The van der Waals surface area contributed by atoms with E-state index in [-0.39, 0.29) is 5.91 Å². The zero-order valence-electron chi connectivity index (χ0n) is 12.7. The van der Waals surface area contributed by atoms with Crippen LogP contribution in [0.15, 0.2) is 17.5 Å². The van der Waals surface area contributed by atoms with Crippen molar-refractivity contribution in [2.75, 3.05) is 20.6 Å². The Hall–Kier alpha value is -0.870. The summed E-state index contributed by atoms with van der Waals surface area (Å²) in [7, 11) is 4.01. The number of thiophene rings is 1. The topological polar surface area (TPSA) is 23.6 Å². The predicted molar refractivity (Wildman–Crippen MR) is 84.9 cm³/mol. The van der Waals surface area contributed by atoms with E-state index in [2.05, 4.69) is 23.4 Å². The molecule has 0 atom stereocenters. The van der Waals surface area contributed by atoms with Crippen molar-refractivity contribution >= 4 is 17.2 Å². The maximum atomic E-state index is 12.3. The molecular weight excluding hydrogens is 268 g/mol. The number of nitrogens with zero attached hydrogens (tertiary/aromatic N) is 2. The number of hydrogen-bond donors (Lipinski definition) is 0. The molecule has 0 N–H and O–H groups in total. The molecule has 2 rings (SSSR count). The molecule has 1 aromatic rings. The van der Waals surface area contributed by atoms with Gasteiger partial charge in [-0.1, -0.05) is 31.7 Å². The molecule has 0 aromatic carbocycles. The highest BCUT2D eigenvalue weighted by molar-refractivity contribution is 7.09. The highest BCUT2D eigenvalue weighted by Gasteiger charge is 2.20. The van der Waals surface area contributed by atoms with Gasteiger partial charge in [-0.15, -0.1) is 11.3 Å². The van der Waals surface area contributed by atoms with Crippen LogP contribution in [0, 0.1) is 0 Å². The summed E-state index contributed by atoms with van der Waals surface area (Å²) in [5.74, 6) is 0.227. The van der Waals surface area contributed by atoms with E-state index in [1.54, 1.807) is 11.3 Å². The van der Waals surface area contributed by atoms with Gasteiger partial charge in [-0.2, -0.15) is 0 Å². The Bertz CT molecular complexity index is 397. The molecule has 1 heterocycles. The maximum Gasteiger partial charge on any atom is 0.236 e. The minimum atomic E-state index is 0.227. The maximum absolute atomic E-state index is 12.3. The molecule has 3 nitrogen and oxygen atoms in total. The van der Waals surface area contributed by atoms with Gasteiger partial charge in [0.05, 0.1) is 13.1 Å². The summed E-state index contributed by atoms with van der Waals surface area (Å²) >= 11 is 1.71. The van der Waals surface area contributed by atoms with Crippen molar-refractivity contribution < 1.29 is 4.79 Å². The van der Waals surface area contributed by atoms with Crippen LogP contribution in [0.1, 0.15) is 43.4 Å². The average Bonchev–Trinajstić information content (AvgIpc) is 2.78. The summed E-state index contributed by atoms with van der Waals surface area (Å²) < 4.78 is 0. The van der Waals surface area contributed by atoms with Crippen LogP contribution in [0.3, 0.4) is 0 Å². The third kappa shape index (κ3) is 4.60. The summed E-state index contributed by atoms with van der Waals surface area (Å²) in [5.41, 5.74) is 0. The van der Waals surface area contributed by atoms with E-state index >= 15 is 0 Å². The van der Waals surface area contributed by atoms with Crippen LogP contribution >= 0.6 is 11.3 Å². The smallest absolute Gasteiger partial charge is 0.236 e. The van der Waals surface area contributed by atoms with E-state index in [1.165, 1.54) is 43.4 Å². The second-order valence-electron chi connectivity index (χ2n) is 5.89.